The van der Waals surface area contributed by atoms with Crippen molar-refractivity contribution in [2.45, 2.75) is 25.3 Å². The van der Waals surface area contributed by atoms with Gasteiger partial charge in [-0.05, 0) is 60.4 Å². The molecular weight excluding hydrogens is 449 g/mol. The summed E-state index contributed by atoms with van der Waals surface area (Å²) in [7, 11) is 1.59. The Balaban J connectivity index is 1.37. The van der Waals surface area contributed by atoms with Crippen LogP contribution in [-0.2, 0) is 17.8 Å². The van der Waals surface area contributed by atoms with Crippen LogP contribution in [0.4, 0.5) is 10.1 Å². The Hall–Kier alpha value is -3.94. The molecule has 1 N–H and O–H groups in total. The molecule has 1 aromatic heterocycles. The molecule has 35 heavy (non-hydrogen) atoms. The highest BCUT2D eigenvalue weighted by Crippen LogP contribution is 2.39. The highest BCUT2D eigenvalue weighted by atomic mass is 19.1. The minimum Gasteiger partial charge on any atom is -0.497 e. The van der Waals surface area contributed by atoms with Crippen LogP contribution in [0.2, 0.25) is 0 Å². The zero-order valence-electron chi connectivity index (χ0n) is 19.4. The van der Waals surface area contributed by atoms with Gasteiger partial charge in [0.2, 0.25) is 5.91 Å². The molecule has 7 nitrogen and oxygen atoms in total. The number of nitrogens with zero attached hydrogens (tertiary/aromatic N) is 2. The lowest BCUT2D eigenvalue weighted by molar-refractivity contribution is -0.115. The Labute approximate surface area is 202 Å². The van der Waals surface area contributed by atoms with Crippen molar-refractivity contribution in [2.75, 3.05) is 25.5 Å². The first-order chi connectivity index (χ1) is 16.9. The van der Waals surface area contributed by atoms with Gasteiger partial charge in [-0.15, -0.1) is 0 Å². The lowest BCUT2D eigenvalue weighted by atomic mass is 9.82. The minimum atomic E-state index is -0.389. The molecule has 8 heteroatoms. The molecule has 2 aliphatic rings. The minimum absolute atomic E-state index is 0.0860. The summed E-state index contributed by atoms with van der Waals surface area (Å²) >= 11 is 0. The molecule has 2 bridgehead atoms. The number of aromatic nitrogens is 1. The summed E-state index contributed by atoms with van der Waals surface area (Å²) in [5.74, 6) is 0.0358. The maximum atomic E-state index is 13.3. The van der Waals surface area contributed by atoms with Crippen LogP contribution >= 0.6 is 0 Å². The maximum absolute atomic E-state index is 13.3. The Kier molecular flexibility index (Phi) is 6.11. The Morgan fingerprint density at radius 3 is 2.46 bits per heavy atom. The van der Waals surface area contributed by atoms with E-state index in [4.69, 9.17) is 4.74 Å². The molecule has 0 radical (unpaired) electrons. The second kappa shape index (κ2) is 9.37. The van der Waals surface area contributed by atoms with Crippen molar-refractivity contribution < 1.29 is 18.7 Å². The van der Waals surface area contributed by atoms with Crippen LogP contribution in [0.1, 0.15) is 34.0 Å². The van der Waals surface area contributed by atoms with E-state index in [1.165, 1.54) is 30.3 Å². The van der Waals surface area contributed by atoms with E-state index in [1.54, 1.807) is 34.8 Å². The lowest BCUT2D eigenvalue weighted by Gasteiger charge is -2.43. The van der Waals surface area contributed by atoms with E-state index in [9.17, 15) is 18.8 Å². The van der Waals surface area contributed by atoms with Crippen molar-refractivity contribution in [3.8, 4) is 5.75 Å². The Bertz CT molecular complexity index is 1320. The molecule has 2 aromatic carbocycles. The predicted molar refractivity (Wildman–Crippen MR) is 129 cm³/mol. The molecular formula is C27H26FN3O4. The quantitative estimate of drug-likeness (QED) is 0.613. The first-order valence-corrected chi connectivity index (χ1v) is 11.6. The second-order valence-electron chi connectivity index (χ2n) is 9.17. The van der Waals surface area contributed by atoms with Gasteiger partial charge in [-0.25, -0.2) is 4.39 Å². The number of piperidine rings is 1. The van der Waals surface area contributed by atoms with Crippen molar-refractivity contribution in [2.24, 2.45) is 5.92 Å². The molecule has 3 aromatic rings. The largest absolute Gasteiger partial charge is 0.497 e. The van der Waals surface area contributed by atoms with Gasteiger partial charge in [-0.2, -0.15) is 0 Å². The SMILES string of the molecule is COc1ccc(CC(=O)Nc2ccc(=O)n3c2C2CC(CN(C(=O)c4ccc(F)cc4)C2)C3)cc1. The molecule has 1 saturated heterocycles. The molecule has 2 atom stereocenters. The number of halogens is 1. The van der Waals surface area contributed by atoms with Crippen LogP contribution in [0.25, 0.3) is 0 Å². The first kappa shape index (κ1) is 22.8. The third-order valence-electron chi connectivity index (χ3n) is 6.77. The monoisotopic (exact) mass is 475 g/mol. The van der Waals surface area contributed by atoms with Crippen LogP contribution in [0.5, 0.6) is 5.75 Å². The third-order valence-corrected chi connectivity index (χ3v) is 6.77. The van der Waals surface area contributed by atoms with E-state index in [0.717, 1.165) is 23.4 Å². The molecule has 0 saturated carbocycles. The highest BCUT2D eigenvalue weighted by molar-refractivity contribution is 5.95. The topological polar surface area (TPSA) is 80.6 Å². The van der Waals surface area contributed by atoms with Crippen LogP contribution in [0, 0.1) is 11.7 Å². The molecule has 0 aliphatic carbocycles. The number of hydrogen-bond acceptors (Lipinski definition) is 4. The number of rotatable bonds is 5. The van der Waals surface area contributed by atoms with Gasteiger partial charge in [0.15, 0.2) is 0 Å². The Morgan fingerprint density at radius 2 is 1.74 bits per heavy atom. The van der Waals surface area contributed by atoms with Gasteiger partial charge in [0.1, 0.15) is 11.6 Å². The number of carbonyl (C=O) groups is 2. The molecule has 2 unspecified atom stereocenters. The first-order valence-electron chi connectivity index (χ1n) is 11.6. The lowest BCUT2D eigenvalue weighted by Crippen LogP contribution is -2.49. The predicted octanol–water partition coefficient (Wildman–Crippen LogP) is 3.44. The fourth-order valence-corrected chi connectivity index (χ4v) is 5.18. The summed E-state index contributed by atoms with van der Waals surface area (Å²) in [6.45, 7) is 1.45. The van der Waals surface area contributed by atoms with Crippen molar-refractivity contribution >= 4 is 17.5 Å². The number of methoxy groups -OCH3 is 1. The van der Waals surface area contributed by atoms with Crippen molar-refractivity contribution in [1.82, 2.24) is 9.47 Å². The summed E-state index contributed by atoms with van der Waals surface area (Å²) < 4.78 is 20.2. The molecule has 0 spiro atoms. The molecule has 5 rings (SSSR count). The summed E-state index contributed by atoms with van der Waals surface area (Å²) in [5.41, 5.74) is 2.53. The van der Waals surface area contributed by atoms with Crippen LogP contribution < -0.4 is 15.6 Å². The zero-order valence-corrected chi connectivity index (χ0v) is 19.4. The number of benzene rings is 2. The average Bonchev–Trinajstić information content (AvgIpc) is 2.86. The van der Waals surface area contributed by atoms with Gasteiger partial charge in [-0.1, -0.05) is 12.1 Å². The van der Waals surface area contributed by atoms with Crippen molar-refractivity contribution in [3.05, 3.63) is 93.7 Å². The van der Waals surface area contributed by atoms with E-state index >= 15 is 0 Å². The smallest absolute Gasteiger partial charge is 0.253 e. The highest BCUT2D eigenvalue weighted by Gasteiger charge is 2.38. The molecule has 180 valence electrons. The fraction of sp³-hybridized carbons (Fsp3) is 0.296. The summed E-state index contributed by atoms with van der Waals surface area (Å²) in [5, 5.41) is 2.98. The standard InChI is InChI=1S/C27H26FN3O4/c1-35-22-8-2-17(3-9-22)13-24(32)29-23-10-11-25(33)31-15-18-12-20(26(23)31)16-30(14-18)27(34)19-4-6-21(28)7-5-19/h2-11,18,20H,12-16H2,1H3,(H,29,32). The number of fused-ring (bicyclic) bond motifs is 4. The van der Waals surface area contributed by atoms with Gasteiger partial charge in [0.25, 0.3) is 11.5 Å². The molecule has 2 amide bonds. The van der Waals surface area contributed by atoms with E-state index < -0.39 is 0 Å². The fourth-order valence-electron chi connectivity index (χ4n) is 5.18. The van der Waals surface area contributed by atoms with Gasteiger partial charge >= 0.3 is 0 Å². The average molecular weight is 476 g/mol. The zero-order chi connectivity index (χ0) is 24.5. The number of likely N-dealkylation sites (tertiary alicyclic amines) is 1. The van der Waals surface area contributed by atoms with E-state index in [0.29, 0.717) is 30.9 Å². The van der Waals surface area contributed by atoms with E-state index in [-0.39, 0.29) is 41.4 Å². The summed E-state index contributed by atoms with van der Waals surface area (Å²) in [6.07, 6.45) is 1.02. The number of carbonyl (C=O) groups excluding carboxylic acids is 2. The third kappa shape index (κ3) is 4.69. The molecule has 2 aliphatic heterocycles. The van der Waals surface area contributed by atoms with Gasteiger partial charge in [0.05, 0.1) is 19.2 Å². The van der Waals surface area contributed by atoms with Gasteiger partial charge < -0.3 is 19.5 Å². The number of nitrogens with one attached hydrogen (secondary N) is 1. The van der Waals surface area contributed by atoms with Gasteiger partial charge in [-0.3, -0.25) is 14.4 Å². The van der Waals surface area contributed by atoms with Crippen LogP contribution in [0.3, 0.4) is 0 Å². The summed E-state index contributed by atoms with van der Waals surface area (Å²) in [6, 6.07) is 16.0. The number of pyridine rings is 1. The number of amides is 2. The Morgan fingerprint density at radius 1 is 1.00 bits per heavy atom. The number of hydrogen-bond donors (Lipinski definition) is 1. The van der Waals surface area contributed by atoms with Crippen molar-refractivity contribution in [3.63, 3.8) is 0 Å². The number of ether oxygens (including phenoxy) is 1. The van der Waals surface area contributed by atoms with Crippen LogP contribution in [0.15, 0.2) is 65.5 Å². The molecule has 1 fully saturated rings. The van der Waals surface area contributed by atoms with E-state index in [1.807, 2.05) is 12.1 Å². The normalized spacial score (nSPS) is 18.5. The maximum Gasteiger partial charge on any atom is 0.253 e. The van der Waals surface area contributed by atoms with Crippen LogP contribution in [-0.4, -0.2) is 41.5 Å². The second-order valence-corrected chi connectivity index (χ2v) is 9.17. The summed E-state index contributed by atoms with van der Waals surface area (Å²) in [4.78, 5) is 40.4. The van der Waals surface area contributed by atoms with Crippen molar-refractivity contribution in [1.29, 1.82) is 0 Å². The molecule has 3 heterocycles. The van der Waals surface area contributed by atoms with Gasteiger partial charge in [0, 0.05) is 42.9 Å². The van der Waals surface area contributed by atoms with E-state index in [2.05, 4.69) is 5.32 Å². The number of anilines is 1.